The molecule has 0 amide bonds. The van der Waals surface area contributed by atoms with Crippen LogP contribution in [-0.4, -0.2) is 18.9 Å². The molecule has 1 aliphatic heterocycles. The normalized spacial score (nSPS) is 11.8. The average molecular weight is 394 g/mol. The first kappa shape index (κ1) is 18.3. The maximum Gasteiger partial charge on any atom is 0.348 e. The van der Waals surface area contributed by atoms with Gasteiger partial charge in [-0.1, -0.05) is 12.1 Å². The number of thiophene rings is 1. The fraction of sp³-hybridized carbons (Fsp3) is 0.182. The van der Waals surface area contributed by atoms with Crippen LogP contribution in [0, 0.1) is 0 Å². The molecule has 0 saturated heterocycles. The molecule has 2 heterocycles. The number of rotatable bonds is 5. The number of hydrogen-bond acceptors (Lipinski definition) is 6. The van der Waals surface area contributed by atoms with E-state index in [9.17, 15) is 9.59 Å². The molecular formula is C22H18O5S. The molecule has 0 bridgehead atoms. The van der Waals surface area contributed by atoms with Crippen LogP contribution in [0.2, 0.25) is 0 Å². The lowest BCUT2D eigenvalue weighted by molar-refractivity contribution is 0.0476. The first-order chi connectivity index (χ1) is 13.6. The van der Waals surface area contributed by atoms with Crippen LogP contribution in [0.1, 0.15) is 38.1 Å². The molecule has 5 nitrogen and oxygen atoms in total. The van der Waals surface area contributed by atoms with E-state index in [1.54, 1.807) is 25.3 Å². The van der Waals surface area contributed by atoms with Crippen molar-refractivity contribution in [1.82, 2.24) is 0 Å². The summed E-state index contributed by atoms with van der Waals surface area (Å²) < 4.78 is 16.5. The van der Waals surface area contributed by atoms with Gasteiger partial charge >= 0.3 is 5.97 Å². The first-order valence-electron chi connectivity index (χ1n) is 8.76. The molecule has 0 aliphatic carbocycles. The van der Waals surface area contributed by atoms with Gasteiger partial charge in [0.15, 0.2) is 5.78 Å². The molecule has 3 aromatic rings. The minimum Gasteiger partial charge on any atom is -0.496 e. The Labute approximate surface area is 166 Å². The summed E-state index contributed by atoms with van der Waals surface area (Å²) in [6.45, 7) is 1.96. The highest BCUT2D eigenvalue weighted by Crippen LogP contribution is 2.42. The minimum absolute atomic E-state index is 0.0266. The van der Waals surface area contributed by atoms with Crippen molar-refractivity contribution in [3.8, 4) is 21.9 Å². The Hall–Kier alpha value is -3.12. The molecule has 0 unspecified atom stereocenters. The van der Waals surface area contributed by atoms with Crippen LogP contribution in [0.25, 0.3) is 10.4 Å². The third-order valence-electron chi connectivity index (χ3n) is 4.57. The second-order valence-electron chi connectivity index (χ2n) is 6.41. The fourth-order valence-electron chi connectivity index (χ4n) is 3.12. The minimum atomic E-state index is -0.410. The third-order valence-corrected chi connectivity index (χ3v) is 5.76. The largest absolute Gasteiger partial charge is 0.496 e. The van der Waals surface area contributed by atoms with Gasteiger partial charge in [-0.15, -0.1) is 11.3 Å². The summed E-state index contributed by atoms with van der Waals surface area (Å²) in [4.78, 5) is 25.8. The standard InChI is InChI=1S/C22H18O5S/c1-13(23)14-7-8-18(25-2)15(9-14)11-27-22(24)20-10-16-12-26-19-6-4-3-5-17(19)21(16)28-20/h3-10H,11-12H2,1-2H3. The van der Waals surface area contributed by atoms with Crippen LogP contribution in [0.4, 0.5) is 0 Å². The lowest BCUT2D eigenvalue weighted by atomic mass is 10.1. The lowest BCUT2D eigenvalue weighted by Crippen LogP contribution is -2.06. The van der Waals surface area contributed by atoms with Gasteiger partial charge in [0, 0.05) is 27.1 Å². The maximum absolute atomic E-state index is 12.6. The fourth-order valence-corrected chi connectivity index (χ4v) is 4.22. The highest BCUT2D eigenvalue weighted by molar-refractivity contribution is 7.17. The number of fused-ring (bicyclic) bond motifs is 3. The summed E-state index contributed by atoms with van der Waals surface area (Å²) in [5, 5.41) is 0. The molecule has 6 heteroatoms. The van der Waals surface area contributed by atoms with Gasteiger partial charge in [0.1, 0.15) is 29.6 Å². The van der Waals surface area contributed by atoms with Crippen LogP contribution in [0.3, 0.4) is 0 Å². The van der Waals surface area contributed by atoms with E-state index < -0.39 is 5.97 Å². The molecular weight excluding hydrogens is 376 g/mol. The van der Waals surface area contributed by atoms with Gasteiger partial charge in [-0.3, -0.25) is 4.79 Å². The summed E-state index contributed by atoms with van der Waals surface area (Å²) in [5.74, 6) is 0.931. The number of ketones is 1. The van der Waals surface area contributed by atoms with Crippen molar-refractivity contribution in [2.75, 3.05) is 7.11 Å². The Balaban J connectivity index is 1.54. The maximum atomic E-state index is 12.6. The summed E-state index contributed by atoms with van der Waals surface area (Å²) >= 11 is 1.40. The number of carbonyl (C=O) groups is 2. The summed E-state index contributed by atoms with van der Waals surface area (Å²) in [7, 11) is 1.54. The average Bonchev–Trinajstić information content (AvgIpc) is 3.16. The van der Waals surface area contributed by atoms with E-state index in [-0.39, 0.29) is 12.4 Å². The summed E-state index contributed by atoms with van der Waals surface area (Å²) in [6.07, 6.45) is 0. The molecule has 0 fully saturated rings. The third kappa shape index (κ3) is 3.39. The Kier molecular flexibility index (Phi) is 4.88. The van der Waals surface area contributed by atoms with E-state index in [0.717, 1.165) is 21.8 Å². The van der Waals surface area contributed by atoms with Crippen LogP contribution in [-0.2, 0) is 18.0 Å². The van der Waals surface area contributed by atoms with Crippen LogP contribution in [0.15, 0.2) is 48.5 Å². The van der Waals surface area contributed by atoms with Crippen molar-refractivity contribution in [3.63, 3.8) is 0 Å². The van der Waals surface area contributed by atoms with E-state index in [1.807, 2.05) is 30.3 Å². The number of hydrogen-bond donors (Lipinski definition) is 0. The molecule has 0 radical (unpaired) electrons. The number of Topliss-reactive ketones (excluding diaryl/α,β-unsaturated/α-hetero) is 1. The number of para-hydroxylation sites is 1. The zero-order valence-electron chi connectivity index (χ0n) is 15.5. The molecule has 1 aromatic heterocycles. The zero-order chi connectivity index (χ0) is 19.7. The highest BCUT2D eigenvalue weighted by Gasteiger charge is 2.23. The van der Waals surface area contributed by atoms with Crippen LogP contribution in [0.5, 0.6) is 11.5 Å². The lowest BCUT2D eigenvalue weighted by Gasteiger charge is -2.16. The Morgan fingerprint density at radius 2 is 1.96 bits per heavy atom. The van der Waals surface area contributed by atoms with Crippen molar-refractivity contribution >= 4 is 23.1 Å². The van der Waals surface area contributed by atoms with E-state index in [0.29, 0.717) is 28.4 Å². The van der Waals surface area contributed by atoms with Gasteiger partial charge in [-0.05, 0) is 43.3 Å². The molecule has 2 aromatic carbocycles. The molecule has 0 saturated carbocycles. The van der Waals surface area contributed by atoms with E-state index >= 15 is 0 Å². The predicted octanol–water partition coefficient (Wildman–Crippen LogP) is 4.88. The van der Waals surface area contributed by atoms with Crippen molar-refractivity contribution < 1.29 is 23.8 Å². The molecule has 0 atom stereocenters. The molecule has 1 aliphatic rings. The predicted molar refractivity (Wildman–Crippen MR) is 106 cm³/mol. The Morgan fingerprint density at radius 3 is 2.75 bits per heavy atom. The number of methoxy groups -OCH3 is 1. The second kappa shape index (κ2) is 7.48. The summed E-state index contributed by atoms with van der Waals surface area (Å²) in [6, 6.07) is 14.7. The monoisotopic (exact) mass is 394 g/mol. The number of carbonyl (C=O) groups excluding carboxylic acids is 2. The smallest absolute Gasteiger partial charge is 0.348 e. The summed E-state index contributed by atoms with van der Waals surface area (Å²) in [5.41, 5.74) is 3.17. The Morgan fingerprint density at radius 1 is 1.14 bits per heavy atom. The van der Waals surface area contributed by atoms with Gasteiger partial charge in [0.05, 0.1) is 7.11 Å². The van der Waals surface area contributed by atoms with Gasteiger partial charge in [-0.2, -0.15) is 0 Å². The van der Waals surface area contributed by atoms with Crippen molar-refractivity contribution in [2.45, 2.75) is 20.1 Å². The molecule has 28 heavy (non-hydrogen) atoms. The highest BCUT2D eigenvalue weighted by atomic mass is 32.1. The Bertz CT molecular complexity index is 1070. The first-order valence-corrected chi connectivity index (χ1v) is 9.58. The zero-order valence-corrected chi connectivity index (χ0v) is 16.3. The molecule has 0 spiro atoms. The van der Waals surface area contributed by atoms with Gasteiger partial charge in [-0.25, -0.2) is 4.79 Å². The van der Waals surface area contributed by atoms with E-state index in [2.05, 4.69) is 0 Å². The van der Waals surface area contributed by atoms with E-state index in [1.165, 1.54) is 18.3 Å². The quantitative estimate of drug-likeness (QED) is 0.456. The topological polar surface area (TPSA) is 61.8 Å². The van der Waals surface area contributed by atoms with Gasteiger partial charge in [0.2, 0.25) is 0 Å². The molecule has 0 N–H and O–H groups in total. The number of ether oxygens (including phenoxy) is 3. The number of benzene rings is 2. The van der Waals surface area contributed by atoms with Gasteiger partial charge < -0.3 is 14.2 Å². The van der Waals surface area contributed by atoms with Crippen molar-refractivity contribution in [3.05, 3.63) is 70.1 Å². The van der Waals surface area contributed by atoms with Crippen LogP contribution >= 0.6 is 11.3 Å². The van der Waals surface area contributed by atoms with Crippen LogP contribution < -0.4 is 9.47 Å². The number of esters is 1. The van der Waals surface area contributed by atoms with Crippen molar-refractivity contribution in [2.24, 2.45) is 0 Å². The van der Waals surface area contributed by atoms with Gasteiger partial charge in [0.25, 0.3) is 0 Å². The van der Waals surface area contributed by atoms with E-state index in [4.69, 9.17) is 14.2 Å². The molecule has 142 valence electrons. The molecule has 4 rings (SSSR count). The van der Waals surface area contributed by atoms with Crippen molar-refractivity contribution in [1.29, 1.82) is 0 Å². The SMILES string of the molecule is COc1ccc(C(C)=O)cc1COC(=O)c1cc2c(s1)-c1ccccc1OC2. The second-order valence-corrected chi connectivity index (χ2v) is 7.46.